The predicted molar refractivity (Wildman–Crippen MR) is 99.4 cm³/mol. The third kappa shape index (κ3) is 4.17. The molecule has 0 radical (unpaired) electrons. The molecule has 0 bridgehead atoms. The van der Waals surface area contributed by atoms with Crippen molar-refractivity contribution in [3.63, 3.8) is 0 Å². The van der Waals surface area contributed by atoms with Crippen LogP contribution in [0.1, 0.15) is 35.2 Å². The average Bonchev–Trinajstić information content (AvgIpc) is 2.60. The molecule has 2 aromatic rings. The minimum atomic E-state index is -0.342. The topological polar surface area (TPSA) is 58.2 Å². The Morgan fingerprint density at radius 1 is 1.15 bits per heavy atom. The van der Waals surface area contributed by atoms with Gasteiger partial charge in [-0.25, -0.2) is 4.39 Å². The van der Waals surface area contributed by atoms with E-state index in [1.165, 1.54) is 18.2 Å². The summed E-state index contributed by atoms with van der Waals surface area (Å²) in [6.45, 7) is 3.41. The number of benzene rings is 2. The number of hydrogen-bond donors (Lipinski definition) is 2. The third-order valence-electron chi connectivity index (χ3n) is 4.70. The zero-order chi connectivity index (χ0) is 18.6. The maximum atomic E-state index is 13.4. The van der Waals surface area contributed by atoms with Gasteiger partial charge in [0.1, 0.15) is 5.82 Å². The molecule has 2 N–H and O–H groups in total. The molecule has 4 nitrogen and oxygen atoms in total. The molecule has 0 aromatic heterocycles. The molecule has 0 unspecified atom stereocenters. The zero-order valence-electron chi connectivity index (χ0n) is 14.4. The maximum Gasteiger partial charge on any atom is 0.251 e. The van der Waals surface area contributed by atoms with Gasteiger partial charge < -0.3 is 10.6 Å². The van der Waals surface area contributed by atoms with Gasteiger partial charge >= 0.3 is 0 Å². The monoisotopic (exact) mass is 352 g/mol. The highest BCUT2D eigenvalue weighted by Gasteiger charge is 2.38. The molecule has 0 saturated heterocycles. The number of nitrogens with one attached hydrogen (secondary N) is 2. The molecule has 5 heteroatoms. The summed E-state index contributed by atoms with van der Waals surface area (Å²) in [4.78, 5) is 24.1. The fourth-order valence-electron chi connectivity index (χ4n) is 3.23. The van der Waals surface area contributed by atoms with E-state index in [-0.39, 0.29) is 23.2 Å². The van der Waals surface area contributed by atoms with E-state index in [0.29, 0.717) is 17.7 Å². The third-order valence-corrected chi connectivity index (χ3v) is 4.70. The van der Waals surface area contributed by atoms with Gasteiger partial charge in [-0.05, 0) is 67.7 Å². The van der Waals surface area contributed by atoms with Crippen LogP contribution >= 0.6 is 0 Å². The summed E-state index contributed by atoms with van der Waals surface area (Å²) < 4.78 is 13.4. The van der Waals surface area contributed by atoms with Crippen molar-refractivity contribution in [3.05, 3.63) is 78.1 Å². The highest BCUT2D eigenvalue weighted by Crippen LogP contribution is 2.35. The number of carbonyl (C=O) groups is 2. The Morgan fingerprint density at radius 3 is 2.58 bits per heavy atom. The van der Waals surface area contributed by atoms with Crippen LogP contribution < -0.4 is 10.6 Å². The van der Waals surface area contributed by atoms with Crippen molar-refractivity contribution >= 4 is 17.5 Å². The lowest BCUT2D eigenvalue weighted by molar-refractivity contribution is -0.111. The average molecular weight is 352 g/mol. The normalized spacial score (nSPS) is 14.8. The molecular weight excluding hydrogens is 331 g/mol. The molecule has 2 aromatic carbocycles. The molecule has 0 aliphatic heterocycles. The van der Waals surface area contributed by atoms with Gasteiger partial charge in [0.2, 0.25) is 5.91 Å². The highest BCUT2D eigenvalue weighted by atomic mass is 19.1. The predicted octanol–water partition coefficient (Wildman–Crippen LogP) is 3.85. The number of carbonyl (C=O) groups excluding carboxylic acids is 2. The van der Waals surface area contributed by atoms with Crippen LogP contribution in [0.2, 0.25) is 0 Å². The van der Waals surface area contributed by atoms with E-state index in [1.54, 1.807) is 30.3 Å². The molecular formula is C21H21FN2O2. The Labute approximate surface area is 152 Å². The number of rotatable bonds is 6. The van der Waals surface area contributed by atoms with Crippen LogP contribution in [0.5, 0.6) is 0 Å². The van der Waals surface area contributed by atoms with Crippen LogP contribution in [0.25, 0.3) is 0 Å². The Bertz CT molecular complexity index is 843. The second kappa shape index (κ2) is 7.52. The number of halogens is 1. The summed E-state index contributed by atoms with van der Waals surface area (Å²) in [7, 11) is 0. The van der Waals surface area contributed by atoms with Crippen molar-refractivity contribution < 1.29 is 14.0 Å². The molecule has 0 heterocycles. The van der Waals surface area contributed by atoms with E-state index in [1.807, 2.05) is 6.07 Å². The summed E-state index contributed by atoms with van der Waals surface area (Å²) in [5, 5.41) is 5.76. The number of amides is 2. The van der Waals surface area contributed by atoms with Gasteiger partial charge in [-0.15, -0.1) is 0 Å². The van der Waals surface area contributed by atoms with E-state index in [9.17, 15) is 14.0 Å². The minimum absolute atomic E-state index is 0.198. The van der Waals surface area contributed by atoms with E-state index in [4.69, 9.17) is 0 Å². The smallest absolute Gasteiger partial charge is 0.251 e. The molecule has 3 rings (SSSR count). The van der Waals surface area contributed by atoms with E-state index < -0.39 is 0 Å². The summed E-state index contributed by atoms with van der Waals surface area (Å²) >= 11 is 0. The Morgan fingerprint density at radius 2 is 1.92 bits per heavy atom. The Hall–Kier alpha value is -2.95. The lowest BCUT2D eigenvalue weighted by atomic mass is 9.72. The van der Waals surface area contributed by atoms with Gasteiger partial charge in [-0.1, -0.05) is 24.8 Å². The van der Waals surface area contributed by atoms with Crippen molar-refractivity contribution in [2.24, 2.45) is 0 Å². The van der Waals surface area contributed by atoms with Crippen LogP contribution in [-0.4, -0.2) is 17.4 Å². The van der Waals surface area contributed by atoms with Crippen molar-refractivity contribution in [2.45, 2.75) is 31.2 Å². The van der Waals surface area contributed by atoms with Gasteiger partial charge in [0.05, 0.1) is 0 Å². The van der Waals surface area contributed by atoms with Crippen LogP contribution in [-0.2, 0) is 11.2 Å². The summed E-state index contributed by atoms with van der Waals surface area (Å²) in [6.07, 6.45) is 4.54. The number of hydrogen-bond acceptors (Lipinski definition) is 2. The second-order valence-corrected chi connectivity index (χ2v) is 6.67. The summed E-state index contributed by atoms with van der Waals surface area (Å²) in [6, 6.07) is 13.2. The van der Waals surface area contributed by atoms with E-state index in [2.05, 4.69) is 17.2 Å². The first kappa shape index (κ1) is 17.9. The van der Waals surface area contributed by atoms with Crippen molar-refractivity contribution in [1.29, 1.82) is 0 Å². The largest absolute Gasteiger partial charge is 0.346 e. The Kier molecular flexibility index (Phi) is 5.16. The van der Waals surface area contributed by atoms with E-state index >= 15 is 0 Å². The van der Waals surface area contributed by atoms with Gasteiger partial charge in [0.25, 0.3) is 5.91 Å². The summed E-state index contributed by atoms with van der Waals surface area (Å²) in [5.74, 6) is -0.797. The quantitative estimate of drug-likeness (QED) is 0.776. The second-order valence-electron chi connectivity index (χ2n) is 6.67. The SMILES string of the molecule is C=CC(=O)Nc1cccc(C(=O)NC2(Cc3cccc(F)c3)CCC2)c1. The van der Waals surface area contributed by atoms with Crippen LogP contribution in [0.3, 0.4) is 0 Å². The standard InChI is InChI=1S/C21H21FN2O2/c1-2-19(25)23-18-9-4-7-16(13-18)20(26)24-21(10-5-11-21)14-15-6-3-8-17(22)12-15/h2-4,6-9,12-13H,1,5,10-11,14H2,(H,23,25)(H,24,26). The molecule has 1 aliphatic carbocycles. The van der Waals surface area contributed by atoms with Crippen LogP contribution in [0, 0.1) is 5.82 Å². The van der Waals surface area contributed by atoms with Crippen molar-refractivity contribution in [2.75, 3.05) is 5.32 Å². The first-order valence-corrected chi connectivity index (χ1v) is 8.60. The first-order chi connectivity index (χ1) is 12.5. The molecule has 0 spiro atoms. The molecule has 1 saturated carbocycles. The van der Waals surface area contributed by atoms with Crippen molar-refractivity contribution in [1.82, 2.24) is 5.32 Å². The Balaban J connectivity index is 1.72. The van der Waals surface area contributed by atoms with Crippen LogP contribution in [0.15, 0.2) is 61.2 Å². The van der Waals surface area contributed by atoms with Gasteiger partial charge in [0.15, 0.2) is 0 Å². The number of anilines is 1. The van der Waals surface area contributed by atoms with Crippen molar-refractivity contribution in [3.8, 4) is 0 Å². The molecule has 2 amide bonds. The lowest BCUT2D eigenvalue weighted by Gasteiger charge is -2.43. The van der Waals surface area contributed by atoms with Gasteiger partial charge in [-0.3, -0.25) is 9.59 Å². The molecule has 1 fully saturated rings. The van der Waals surface area contributed by atoms with Crippen LogP contribution in [0.4, 0.5) is 10.1 Å². The fraction of sp³-hybridized carbons (Fsp3) is 0.238. The van der Waals surface area contributed by atoms with E-state index in [0.717, 1.165) is 24.8 Å². The zero-order valence-corrected chi connectivity index (χ0v) is 14.4. The molecule has 0 atom stereocenters. The molecule has 26 heavy (non-hydrogen) atoms. The summed E-state index contributed by atoms with van der Waals surface area (Å²) in [5.41, 5.74) is 1.54. The highest BCUT2D eigenvalue weighted by molar-refractivity contribution is 6.01. The van der Waals surface area contributed by atoms with Gasteiger partial charge in [0, 0.05) is 16.8 Å². The minimum Gasteiger partial charge on any atom is -0.346 e. The molecule has 1 aliphatic rings. The van der Waals surface area contributed by atoms with Gasteiger partial charge in [-0.2, -0.15) is 0 Å². The lowest BCUT2D eigenvalue weighted by Crippen LogP contribution is -2.55. The maximum absolute atomic E-state index is 13.4. The first-order valence-electron chi connectivity index (χ1n) is 8.60. The molecule has 134 valence electrons. The fourth-order valence-corrected chi connectivity index (χ4v) is 3.23.